The van der Waals surface area contributed by atoms with Gasteiger partial charge >= 0.3 is 0 Å². The maximum Gasteiger partial charge on any atom is 0.264 e. The number of carbonyl (C=O) groups excluding carboxylic acids is 1. The van der Waals surface area contributed by atoms with Crippen LogP contribution in [0.4, 0.5) is 0 Å². The van der Waals surface area contributed by atoms with Crippen LogP contribution in [-0.4, -0.2) is 31.4 Å². The summed E-state index contributed by atoms with van der Waals surface area (Å²) in [6.07, 6.45) is 5.09. The van der Waals surface area contributed by atoms with E-state index in [0.29, 0.717) is 0 Å². The molecule has 1 fully saturated rings. The van der Waals surface area contributed by atoms with Crippen molar-refractivity contribution < 1.29 is 18.0 Å². The van der Waals surface area contributed by atoms with E-state index in [0.717, 1.165) is 31.9 Å². The molecule has 0 saturated heterocycles. The van der Waals surface area contributed by atoms with E-state index in [1.165, 1.54) is 13.8 Å². The standard InChI is InChI=1S/C10H19NO4S/c1-10(2,16(3,13)14)9(12)11-15-8-6-4-5-7-8/h8H,4-7H2,1-3H3,(H,11,12). The Morgan fingerprint density at radius 3 is 2.25 bits per heavy atom. The molecule has 0 atom stereocenters. The van der Waals surface area contributed by atoms with Crippen LogP contribution in [0.3, 0.4) is 0 Å². The third kappa shape index (κ3) is 2.95. The van der Waals surface area contributed by atoms with Gasteiger partial charge in [-0.1, -0.05) is 12.8 Å². The number of rotatable bonds is 4. The maximum atomic E-state index is 11.7. The van der Waals surface area contributed by atoms with E-state index in [1.807, 2.05) is 0 Å². The molecule has 0 aromatic rings. The summed E-state index contributed by atoms with van der Waals surface area (Å²) in [7, 11) is -3.44. The van der Waals surface area contributed by atoms with Gasteiger partial charge in [-0.2, -0.15) is 0 Å². The van der Waals surface area contributed by atoms with Crippen molar-refractivity contribution >= 4 is 15.7 Å². The highest BCUT2D eigenvalue weighted by atomic mass is 32.2. The Bertz CT molecular complexity index is 355. The number of hydrogen-bond acceptors (Lipinski definition) is 4. The number of sulfone groups is 1. The van der Waals surface area contributed by atoms with Gasteiger partial charge in [0.2, 0.25) is 0 Å². The SMILES string of the molecule is CC(C)(C(=O)NOC1CCCC1)S(C)(=O)=O. The Hall–Kier alpha value is -0.620. The minimum Gasteiger partial charge on any atom is -0.271 e. The molecule has 1 N–H and O–H groups in total. The third-order valence-corrected chi connectivity index (χ3v) is 5.13. The number of hydroxylamine groups is 1. The van der Waals surface area contributed by atoms with E-state index >= 15 is 0 Å². The molecule has 1 amide bonds. The average molecular weight is 249 g/mol. The van der Waals surface area contributed by atoms with Crippen LogP contribution in [0.15, 0.2) is 0 Å². The van der Waals surface area contributed by atoms with Gasteiger partial charge in [0.1, 0.15) is 4.75 Å². The Morgan fingerprint density at radius 1 is 1.31 bits per heavy atom. The first-order valence-corrected chi connectivity index (χ1v) is 7.30. The summed E-state index contributed by atoms with van der Waals surface area (Å²) in [6, 6.07) is 0. The molecule has 1 aliphatic rings. The van der Waals surface area contributed by atoms with Crippen molar-refractivity contribution in [1.29, 1.82) is 0 Å². The van der Waals surface area contributed by atoms with Crippen LogP contribution in [0, 0.1) is 0 Å². The fraction of sp³-hybridized carbons (Fsp3) is 0.900. The van der Waals surface area contributed by atoms with Gasteiger partial charge in [0.05, 0.1) is 6.10 Å². The van der Waals surface area contributed by atoms with Gasteiger partial charge in [0, 0.05) is 6.26 Å². The minimum atomic E-state index is -3.44. The number of amides is 1. The lowest BCUT2D eigenvalue weighted by atomic mass is 10.2. The molecule has 0 bridgehead atoms. The second-order valence-electron chi connectivity index (χ2n) is 4.74. The minimum absolute atomic E-state index is 0.0271. The van der Waals surface area contributed by atoms with Crippen molar-refractivity contribution in [3.05, 3.63) is 0 Å². The molecule has 0 aliphatic heterocycles. The molecule has 1 aliphatic carbocycles. The Balaban J connectivity index is 2.51. The van der Waals surface area contributed by atoms with Gasteiger partial charge in [0.15, 0.2) is 9.84 Å². The summed E-state index contributed by atoms with van der Waals surface area (Å²) in [4.78, 5) is 16.8. The normalized spacial score (nSPS) is 18.7. The van der Waals surface area contributed by atoms with Crippen molar-refractivity contribution in [2.24, 2.45) is 0 Å². The molecule has 0 radical (unpaired) electrons. The van der Waals surface area contributed by atoms with E-state index in [2.05, 4.69) is 5.48 Å². The smallest absolute Gasteiger partial charge is 0.264 e. The van der Waals surface area contributed by atoms with Crippen LogP contribution in [-0.2, 0) is 19.5 Å². The first-order valence-electron chi connectivity index (χ1n) is 5.41. The van der Waals surface area contributed by atoms with E-state index < -0.39 is 20.5 Å². The molecule has 0 unspecified atom stereocenters. The highest BCUT2D eigenvalue weighted by molar-refractivity contribution is 7.92. The zero-order valence-electron chi connectivity index (χ0n) is 9.95. The number of nitrogens with one attached hydrogen (secondary N) is 1. The van der Waals surface area contributed by atoms with Gasteiger partial charge in [-0.05, 0) is 26.7 Å². The monoisotopic (exact) mass is 249 g/mol. The van der Waals surface area contributed by atoms with Crippen molar-refractivity contribution in [3.63, 3.8) is 0 Å². The summed E-state index contributed by atoms with van der Waals surface area (Å²) >= 11 is 0. The molecular formula is C10H19NO4S. The number of hydrogen-bond donors (Lipinski definition) is 1. The molecule has 1 rings (SSSR count). The van der Waals surface area contributed by atoms with E-state index in [1.54, 1.807) is 0 Å². The van der Waals surface area contributed by atoms with Crippen LogP contribution < -0.4 is 5.48 Å². The van der Waals surface area contributed by atoms with Gasteiger partial charge in [0.25, 0.3) is 5.91 Å². The van der Waals surface area contributed by atoms with E-state index in [-0.39, 0.29) is 6.10 Å². The van der Waals surface area contributed by atoms with Gasteiger partial charge in [-0.25, -0.2) is 13.9 Å². The predicted molar refractivity (Wildman–Crippen MR) is 60.4 cm³/mol. The molecular weight excluding hydrogens is 230 g/mol. The topological polar surface area (TPSA) is 72.5 Å². The summed E-state index contributed by atoms with van der Waals surface area (Å²) < 4.78 is 21.3. The largest absolute Gasteiger partial charge is 0.271 e. The first kappa shape index (κ1) is 13.4. The second kappa shape index (κ2) is 4.71. The van der Waals surface area contributed by atoms with Crippen LogP contribution in [0.5, 0.6) is 0 Å². The van der Waals surface area contributed by atoms with Gasteiger partial charge < -0.3 is 0 Å². The van der Waals surface area contributed by atoms with Crippen molar-refractivity contribution in [2.75, 3.05) is 6.26 Å². The van der Waals surface area contributed by atoms with Crippen LogP contribution in [0.1, 0.15) is 39.5 Å². The first-order chi connectivity index (χ1) is 7.25. The summed E-state index contributed by atoms with van der Waals surface area (Å²) in [5, 5.41) is 0. The van der Waals surface area contributed by atoms with E-state index in [4.69, 9.17) is 4.84 Å². The summed E-state index contributed by atoms with van der Waals surface area (Å²) in [5.41, 5.74) is 2.25. The van der Waals surface area contributed by atoms with Crippen LogP contribution in [0.2, 0.25) is 0 Å². The molecule has 0 aromatic heterocycles. The Labute approximate surface area is 96.4 Å². The average Bonchev–Trinajstić information content (AvgIpc) is 2.64. The summed E-state index contributed by atoms with van der Waals surface area (Å²) in [5.74, 6) is -0.609. The van der Waals surface area contributed by atoms with Crippen LogP contribution >= 0.6 is 0 Å². The van der Waals surface area contributed by atoms with Gasteiger partial charge in [-0.3, -0.25) is 9.63 Å². The molecule has 5 nitrogen and oxygen atoms in total. The van der Waals surface area contributed by atoms with Crippen molar-refractivity contribution in [2.45, 2.75) is 50.4 Å². The molecule has 16 heavy (non-hydrogen) atoms. The number of carbonyl (C=O) groups is 1. The molecule has 0 heterocycles. The molecule has 6 heteroatoms. The van der Waals surface area contributed by atoms with Crippen molar-refractivity contribution in [3.8, 4) is 0 Å². The quantitative estimate of drug-likeness (QED) is 0.748. The summed E-state index contributed by atoms with van der Waals surface area (Å²) in [6.45, 7) is 2.74. The maximum absolute atomic E-state index is 11.7. The molecule has 1 saturated carbocycles. The predicted octanol–water partition coefficient (Wildman–Crippen LogP) is 0.800. The third-order valence-electron chi connectivity index (χ3n) is 3.09. The molecule has 94 valence electrons. The fourth-order valence-electron chi connectivity index (χ4n) is 1.43. The van der Waals surface area contributed by atoms with Crippen molar-refractivity contribution in [1.82, 2.24) is 5.48 Å². The lowest BCUT2D eigenvalue weighted by Gasteiger charge is -2.22. The fourth-order valence-corrected chi connectivity index (χ4v) is 1.81. The molecule has 0 aromatic carbocycles. The Morgan fingerprint density at radius 2 is 1.81 bits per heavy atom. The highest BCUT2D eigenvalue weighted by Crippen LogP contribution is 2.21. The second-order valence-corrected chi connectivity index (χ2v) is 7.30. The zero-order valence-corrected chi connectivity index (χ0v) is 10.8. The van der Waals surface area contributed by atoms with Gasteiger partial charge in [-0.15, -0.1) is 0 Å². The lowest BCUT2D eigenvalue weighted by molar-refractivity contribution is -0.140. The Kier molecular flexibility index (Phi) is 3.96. The zero-order chi connectivity index (χ0) is 12.4. The highest BCUT2D eigenvalue weighted by Gasteiger charge is 2.39. The molecule has 0 spiro atoms. The van der Waals surface area contributed by atoms with E-state index in [9.17, 15) is 13.2 Å². The lowest BCUT2D eigenvalue weighted by Crippen LogP contribution is -2.48. The van der Waals surface area contributed by atoms with Crippen LogP contribution in [0.25, 0.3) is 0 Å².